The van der Waals surface area contributed by atoms with Crippen LogP contribution >= 0.6 is 0 Å². The van der Waals surface area contributed by atoms with Gasteiger partial charge in [0.25, 0.3) is 0 Å². The van der Waals surface area contributed by atoms with Crippen LogP contribution < -0.4 is 24.4 Å². The fourth-order valence-electron chi connectivity index (χ4n) is 4.10. The summed E-state index contributed by atoms with van der Waals surface area (Å²) < 4.78 is 64.8. The van der Waals surface area contributed by atoms with E-state index >= 15 is 0 Å². The van der Waals surface area contributed by atoms with Crippen LogP contribution in [0, 0.1) is 17.5 Å². The molecule has 0 aliphatic carbocycles. The number of nitrogens with one attached hydrogen (secondary N) is 1. The highest BCUT2D eigenvalue weighted by Crippen LogP contribution is 2.32. The van der Waals surface area contributed by atoms with E-state index < -0.39 is 29.7 Å². The summed E-state index contributed by atoms with van der Waals surface area (Å²) in [5.74, 6) is -2.30. The number of halogens is 3. The van der Waals surface area contributed by atoms with E-state index in [1.54, 1.807) is 17.0 Å². The van der Waals surface area contributed by atoms with Crippen LogP contribution in [-0.4, -0.2) is 67.0 Å². The molecule has 1 saturated heterocycles. The quantitative estimate of drug-likeness (QED) is 0.384. The number of nitrogens with zero attached hydrogens (tertiary/aromatic N) is 4. The Morgan fingerprint density at radius 3 is 2.10 bits per heavy atom. The number of anilines is 3. The summed E-state index contributed by atoms with van der Waals surface area (Å²) in [4.78, 5) is 24.0. The molecule has 1 aliphatic rings. The van der Waals surface area contributed by atoms with Gasteiger partial charge in [0.05, 0.1) is 37.9 Å². The Bertz CT molecular complexity index is 1350. The molecule has 0 unspecified atom stereocenters. The Morgan fingerprint density at radius 2 is 1.56 bits per heavy atom. The Kier molecular flexibility index (Phi) is 8.94. The second-order valence-electron chi connectivity index (χ2n) is 10.2. The average molecular weight is 576 g/mol. The first-order chi connectivity index (χ1) is 19.5. The van der Waals surface area contributed by atoms with Crippen LogP contribution in [0.2, 0.25) is 0 Å². The molecular formula is C28H32F3N5O5. The topological polar surface area (TPSA) is 98.3 Å². The van der Waals surface area contributed by atoms with Gasteiger partial charge in [0, 0.05) is 37.9 Å². The highest BCUT2D eigenvalue weighted by molar-refractivity contribution is 5.69. The van der Waals surface area contributed by atoms with Gasteiger partial charge in [0.1, 0.15) is 18.0 Å². The van der Waals surface area contributed by atoms with E-state index in [1.165, 1.54) is 32.7 Å². The minimum absolute atomic E-state index is 0.156. The highest BCUT2D eigenvalue weighted by Gasteiger charge is 2.27. The van der Waals surface area contributed by atoms with Gasteiger partial charge < -0.3 is 34.1 Å². The molecule has 1 aromatic heterocycles. The number of aromatic nitrogens is 2. The van der Waals surface area contributed by atoms with E-state index in [1.807, 2.05) is 25.7 Å². The minimum atomic E-state index is -0.902. The molecule has 0 radical (unpaired) electrons. The molecule has 1 amide bonds. The fraction of sp³-hybridized carbons (Fsp3) is 0.393. The van der Waals surface area contributed by atoms with E-state index in [0.717, 1.165) is 6.07 Å². The fourth-order valence-corrected chi connectivity index (χ4v) is 4.10. The number of benzene rings is 2. The Labute approximate surface area is 236 Å². The van der Waals surface area contributed by atoms with Gasteiger partial charge >= 0.3 is 6.09 Å². The minimum Gasteiger partial charge on any atom is -0.494 e. The number of rotatable bonds is 8. The molecule has 1 N–H and O–H groups in total. The van der Waals surface area contributed by atoms with Gasteiger partial charge in [0.15, 0.2) is 28.9 Å². The number of hydrogen-bond acceptors (Lipinski definition) is 9. The van der Waals surface area contributed by atoms with Crippen LogP contribution in [-0.2, 0) is 11.3 Å². The van der Waals surface area contributed by atoms with Crippen molar-refractivity contribution in [2.24, 2.45) is 0 Å². The molecule has 10 nitrogen and oxygen atoms in total. The first-order valence-electron chi connectivity index (χ1n) is 12.8. The Hall–Kier alpha value is -4.42. The van der Waals surface area contributed by atoms with Crippen molar-refractivity contribution in [1.29, 1.82) is 0 Å². The van der Waals surface area contributed by atoms with Crippen molar-refractivity contribution in [3.63, 3.8) is 0 Å². The van der Waals surface area contributed by atoms with Crippen LogP contribution in [0.3, 0.4) is 0 Å². The second-order valence-corrected chi connectivity index (χ2v) is 10.2. The normalized spacial score (nSPS) is 13.6. The lowest BCUT2D eigenvalue weighted by molar-refractivity contribution is 0.0240. The van der Waals surface area contributed by atoms with Crippen molar-refractivity contribution >= 4 is 23.4 Å². The number of hydrogen-bond donors (Lipinski definition) is 1. The summed E-state index contributed by atoms with van der Waals surface area (Å²) in [6, 6.07) is 5.77. The number of amides is 1. The van der Waals surface area contributed by atoms with Crippen molar-refractivity contribution in [2.45, 2.75) is 33.0 Å². The number of carbonyl (C=O) groups excluding carboxylic acids is 1. The van der Waals surface area contributed by atoms with Crippen LogP contribution in [0.1, 0.15) is 26.3 Å². The van der Waals surface area contributed by atoms with Crippen LogP contribution in [0.5, 0.6) is 17.2 Å². The van der Waals surface area contributed by atoms with Crippen molar-refractivity contribution in [3.8, 4) is 17.2 Å². The maximum atomic E-state index is 15.0. The van der Waals surface area contributed by atoms with E-state index in [-0.39, 0.29) is 34.9 Å². The van der Waals surface area contributed by atoms with Crippen molar-refractivity contribution in [2.75, 3.05) is 50.6 Å². The molecule has 4 rings (SSSR count). The van der Waals surface area contributed by atoms with Crippen LogP contribution in [0.4, 0.5) is 35.3 Å². The smallest absolute Gasteiger partial charge is 0.410 e. The standard InChI is InChI=1S/C28H32F3N5O5/c1-28(2,3)41-27(37)36-10-8-35(9-11-36)21-7-6-17(12-20(21)29)34-26-32-14-18(15-33-26)40-16-19-24(30)22(38-4)13-23(39-5)25(19)31/h6-7,12-15H,8-11,16H2,1-5H3,(H,32,33,34). The SMILES string of the molecule is COc1cc(OC)c(F)c(COc2cnc(Nc3ccc(N4CCN(C(=O)OC(C)(C)C)CC4)c(F)c3)nc2)c1F. The molecule has 1 aliphatic heterocycles. The molecule has 0 atom stereocenters. The Balaban J connectivity index is 1.34. The number of ether oxygens (including phenoxy) is 4. The lowest BCUT2D eigenvalue weighted by Gasteiger charge is -2.36. The summed E-state index contributed by atoms with van der Waals surface area (Å²) in [7, 11) is 2.52. The summed E-state index contributed by atoms with van der Waals surface area (Å²) in [6.07, 6.45) is 2.25. The highest BCUT2D eigenvalue weighted by atomic mass is 19.1. The third-order valence-electron chi connectivity index (χ3n) is 6.15. The molecule has 0 saturated carbocycles. The molecule has 1 fully saturated rings. The predicted octanol–water partition coefficient (Wildman–Crippen LogP) is 5.29. The first kappa shape index (κ1) is 29.6. The van der Waals surface area contributed by atoms with Gasteiger partial charge in [-0.15, -0.1) is 0 Å². The molecule has 41 heavy (non-hydrogen) atoms. The summed E-state index contributed by atoms with van der Waals surface area (Å²) in [5.41, 5.74) is -0.118. The third-order valence-corrected chi connectivity index (χ3v) is 6.15. The van der Waals surface area contributed by atoms with Gasteiger partial charge in [-0.3, -0.25) is 0 Å². The van der Waals surface area contributed by atoms with Crippen molar-refractivity contribution in [3.05, 3.63) is 59.7 Å². The Morgan fingerprint density at radius 1 is 0.951 bits per heavy atom. The monoisotopic (exact) mass is 575 g/mol. The number of methoxy groups -OCH3 is 2. The largest absolute Gasteiger partial charge is 0.494 e. The van der Waals surface area contributed by atoms with Crippen molar-refractivity contribution < 1.29 is 36.9 Å². The zero-order valence-corrected chi connectivity index (χ0v) is 23.5. The van der Waals surface area contributed by atoms with E-state index in [9.17, 15) is 18.0 Å². The van der Waals surface area contributed by atoms with Gasteiger partial charge in [-0.1, -0.05) is 0 Å². The maximum absolute atomic E-state index is 15.0. The predicted molar refractivity (Wildman–Crippen MR) is 146 cm³/mol. The summed E-state index contributed by atoms with van der Waals surface area (Å²) in [5, 5.41) is 2.91. The third kappa shape index (κ3) is 7.21. The zero-order valence-electron chi connectivity index (χ0n) is 23.5. The average Bonchev–Trinajstić information content (AvgIpc) is 2.93. The lowest BCUT2D eigenvalue weighted by atomic mass is 10.1. The molecule has 13 heteroatoms. The molecular weight excluding hydrogens is 543 g/mol. The van der Waals surface area contributed by atoms with E-state index in [2.05, 4.69) is 15.3 Å². The van der Waals surface area contributed by atoms with Crippen molar-refractivity contribution in [1.82, 2.24) is 14.9 Å². The van der Waals surface area contributed by atoms with Gasteiger partial charge in [-0.05, 0) is 39.0 Å². The molecule has 3 aromatic rings. The van der Waals surface area contributed by atoms with Crippen LogP contribution in [0.25, 0.3) is 0 Å². The molecule has 2 heterocycles. The van der Waals surface area contributed by atoms with Gasteiger partial charge in [-0.25, -0.2) is 27.9 Å². The molecule has 220 valence electrons. The second kappa shape index (κ2) is 12.4. The summed E-state index contributed by atoms with van der Waals surface area (Å²) >= 11 is 0. The van der Waals surface area contributed by atoms with Gasteiger partial charge in [0.2, 0.25) is 5.95 Å². The maximum Gasteiger partial charge on any atom is 0.410 e. The number of piperazine rings is 1. The zero-order chi connectivity index (χ0) is 29.7. The van der Waals surface area contributed by atoms with Gasteiger partial charge in [-0.2, -0.15) is 0 Å². The molecule has 2 aromatic carbocycles. The van der Waals surface area contributed by atoms with E-state index in [4.69, 9.17) is 18.9 Å². The van der Waals surface area contributed by atoms with E-state index in [0.29, 0.717) is 37.6 Å². The summed E-state index contributed by atoms with van der Waals surface area (Å²) in [6.45, 7) is 6.74. The molecule has 0 spiro atoms. The lowest BCUT2D eigenvalue weighted by Crippen LogP contribution is -2.50. The number of carbonyl (C=O) groups is 1. The van der Waals surface area contributed by atoms with Crippen LogP contribution in [0.15, 0.2) is 36.7 Å². The first-order valence-corrected chi connectivity index (χ1v) is 12.8. The molecule has 0 bridgehead atoms.